The van der Waals surface area contributed by atoms with Gasteiger partial charge in [0.1, 0.15) is 6.04 Å². The summed E-state index contributed by atoms with van der Waals surface area (Å²) in [6.45, 7) is 1.84. The van der Waals surface area contributed by atoms with Crippen LogP contribution < -0.4 is 10.0 Å². The van der Waals surface area contributed by atoms with Crippen molar-refractivity contribution in [2.24, 2.45) is 0 Å². The average molecular weight is 711 g/mol. The highest BCUT2D eigenvalue weighted by Crippen LogP contribution is 2.39. The number of amides is 1. The molecule has 1 amide bonds. The van der Waals surface area contributed by atoms with Crippen LogP contribution in [0.4, 0.5) is 5.69 Å². The van der Waals surface area contributed by atoms with Crippen LogP contribution in [0.15, 0.2) is 132 Å². The zero-order chi connectivity index (χ0) is 34.9. The zero-order valence-electron chi connectivity index (χ0n) is 27.4. The molecule has 0 saturated carbocycles. The highest BCUT2D eigenvalue weighted by molar-refractivity contribution is 7.99. The lowest BCUT2D eigenvalue weighted by atomic mass is 10.0. The number of aromatic nitrogens is 2. The van der Waals surface area contributed by atoms with Crippen LogP contribution in [-0.2, 0) is 37.3 Å². The fraction of sp³-hybridized carbons (Fsp3) is 0.237. The first-order valence-electron chi connectivity index (χ1n) is 16.2. The number of hydrogen-bond acceptors (Lipinski definition) is 9. The summed E-state index contributed by atoms with van der Waals surface area (Å²) in [6, 6.07) is 31.3. The summed E-state index contributed by atoms with van der Waals surface area (Å²) in [4.78, 5) is 22.3. The minimum Gasteiger partial charge on any atom is -0.392 e. The maximum absolute atomic E-state index is 13.6. The Morgan fingerprint density at radius 1 is 0.860 bits per heavy atom. The van der Waals surface area contributed by atoms with E-state index in [1.54, 1.807) is 42.7 Å². The molecule has 258 valence electrons. The van der Waals surface area contributed by atoms with Crippen LogP contribution in [-0.4, -0.2) is 47.3 Å². The van der Waals surface area contributed by atoms with Gasteiger partial charge in [0.25, 0.3) is 0 Å². The van der Waals surface area contributed by atoms with Gasteiger partial charge >= 0.3 is 0 Å². The number of aliphatic hydroxyl groups excluding tert-OH is 1. The molecule has 0 aliphatic carbocycles. The number of carbonyl (C=O) groups is 1. The number of aliphatic hydroxyl groups is 1. The van der Waals surface area contributed by atoms with Crippen LogP contribution in [0.5, 0.6) is 0 Å². The van der Waals surface area contributed by atoms with Gasteiger partial charge in [0.15, 0.2) is 11.4 Å². The summed E-state index contributed by atoms with van der Waals surface area (Å²) in [5.41, 5.74) is 4.78. The SMILES string of the molecule is Cc1ccc(S(=O)(=O)N[C@H](Cc2ccccc2)C(=O)Nc2ccc([C@H]3O[C@@H](CSc4ncccn4)C[C@@H](c4ccc(CO)cc4)O3)cc2)cc1. The van der Waals surface area contributed by atoms with Crippen molar-refractivity contribution >= 4 is 33.4 Å². The molecule has 3 N–H and O–H groups in total. The molecule has 1 aromatic heterocycles. The molecule has 1 aliphatic rings. The van der Waals surface area contributed by atoms with E-state index in [4.69, 9.17) is 9.47 Å². The number of sulfonamides is 1. The Morgan fingerprint density at radius 3 is 2.22 bits per heavy atom. The van der Waals surface area contributed by atoms with E-state index in [1.807, 2.05) is 73.7 Å². The second-order valence-electron chi connectivity index (χ2n) is 12.0. The molecule has 0 unspecified atom stereocenters. The van der Waals surface area contributed by atoms with Crippen molar-refractivity contribution in [2.75, 3.05) is 11.1 Å². The number of carbonyl (C=O) groups excluding carboxylic acids is 1. The van der Waals surface area contributed by atoms with E-state index in [1.165, 1.54) is 23.9 Å². The molecule has 4 aromatic carbocycles. The van der Waals surface area contributed by atoms with Gasteiger partial charge in [0.05, 0.1) is 23.7 Å². The van der Waals surface area contributed by atoms with Crippen LogP contribution in [0.1, 0.15) is 46.6 Å². The average Bonchev–Trinajstić information content (AvgIpc) is 3.15. The van der Waals surface area contributed by atoms with Crippen molar-refractivity contribution in [2.45, 2.75) is 61.0 Å². The molecule has 0 spiro atoms. The first-order chi connectivity index (χ1) is 24.3. The molecule has 10 nitrogen and oxygen atoms in total. The number of hydrogen-bond donors (Lipinski definition) is 3. The van der Waals surface area contributed by atoms with Crippen LogP contribution >= 0.6 is 11.8 Å². The summed E-state index contributed by atoms with van der Waals surface area (Å²) in [6.07, 6.45) is 3.06. The van der Waals surface area contributed by atoms with Crippen molar-refractivity contribution in [3.8, 4) is 0 Å². The molecule has 0 radical (unpaired) electrons. The summed E-state index contributed by atoms with van der Waals surface area (Å²) in [5, 5.41) is 13.1. The van der Waals surface area contributed by atoms with E-state index in [0.29, 0.717) is 23.0 Å². The van der Waals surface area contributed by atoms with Crippen molar-refractivity contribution in [3.05, 3.63) is 149 Å². The lowest BCUT2D eigenvalue weighted by Crippen LogP contribution is -2.45. The fourth-order valence-corrected chi connectivity index (χ4v) is 7.53. The van der Waals surface area contributed by atoms with E-state index < -0.39 is 28.3 Å². The molecular weight excluding hydrogens is 673 g/mol. The Morgan fingerprint density at radius 2 is 1.54 bits per heavy atom. The quantitative estimate of drug-likeness (QED) is 0.0971. The van der Waals surface area contributed by atoms with Gasteiger partial charge in [0.2, 0.25) is 15.9 Å². The molecule has 0 bridgehead atoms. The summed E-state index contributed by atoms with van der Waals surface area (Å²) >= 11 is 1.51. The Labute approximate surface area is 296 Å². The first-order valence-corrected chi connectivity index (χ1v) is 18.7. The summed E-state index contributed by atoms with van der Waals surface area (Å²) in [5.74, 6) is 0.124. The number of rotatable bonds is 13. The van der Waals surface area contributed by atoms with Gasteiger partial charge in [-0.15, -0.1) is 0 Å². The molecule has 12 heteroatoms. The van der Waals surface area contributed by atoms with Crippen LogP contribution in [0.25, 0.3) is 0 Å². The second-order valence-corrected chi connectivity index (χ2v) is 14.7. The van der Waals surface area contributed by atoms with E-state index in [0.717, 1.165) is 27.8 Å². The van der Waals surface area contributed by atoms with Crippen molar-refractivity contribution < 1.29 is 27.8 Å². The maximum Gasteiger partial charge on any atom is 0.242 e. The van der Waals surface area contributed by atoms with Crippen LogP contribution in [0.3, 0.4) is 0 Å². The standard InChI is InChI=1S/C38H38N4O6S2/c1-26-8-18-33(19-9-26)50(45,46)42-34(22-27-6-3-2-4-7-27)36(44)41-31-16-14-30(15-17-31)37-47-32(25-49-38-39-20-5-21-40-38)23-35(48-37)29-12-10-28(24-43)11-13-29/h2-21,32,34-35,37,42-43H,22-25H2,1H3,(H,41,44)/t32-,34-,35+,37+/m1/s1. The third-order valence-electron chi connectivity index (χ3n) is 8.23. The number of aryl methyl sites for hydroxylation is 1. The van der Waals surface area contributed by atoms with E-state index in [9.17, 15) is 18.3 Å². The maximum atomic E-state index is 13.6. The molecule has 2 heterocycles. The minimum atomic E-state index is -3.98. The topological polar surface area (TPSA) is 140 Å². The number of ether oxygens (including phenoxy) is 2. The Hall–Kier alpha value is -4.43. The van der Waals surface area contributed by atoms with Gasteiger partial charge in [-0.3, -0.25) is 4.79 Å². The minimum absolute atomic E-state index is 0.0393. The molecule has 1 fully saturated rings. The molecule has 4 atom stereocenters. The predicted octanol–water partition coefficient (Wildman–Crippen LogP) is 6.14. The predicted molar refractivity (Wildman–Crippen MR) is 192 cm³/mol. The third kappa shape index (κ3) is 9.42. The normalized spacial score (nSPS) is 18.3. The smallest absolute Gasteiger partial charge is 0.242 e. The Kier molecular flexibility index (Phi) is 11.7. The third-order valence-corrected chi connectivity index (χ3v) is 10.7. The number of thioether (sulfide) groups is 1. The number of nitrogens with zero attached hydrogens (tertiary/aromatic N) is 2. The van der Waals surface area contributed by atoms with Crippen molar-refractivity contribution in [1.29, 1.82) is 0 Å². The lowest BCUT2D eigenvalue weighted by molar-refractivity contribution is -0.245. The molecule has 6 rings (SSSR count). The van der Waals surface area contributed by atoms with Crippen molar-refractivity contribution in [1.82, 2.24) is 14.7 Å². The number of nitrogens with one attached hydrogen (secondary N) is 2. The van der Waals surface area contributed by atoms with Gasteiger partial charge in [0, 0.05) is 35.8 Å². The molecule has 1 aliphatic heterocycles. The summed E-state index contributed by atoms with van der Waals surface area (Å²) < 4.78 is 42.1. The second kappa shape index (κ2) is 16.5. The van der Waals surface area contributed by atoms with E-state index >= 15 is 0 Å². The Bertz CT molecular complexity index is 1950. The van der Waals surface area contributed by atoms with Crippen LogP contribution in [0, 0.1) is 6.92 Å². The largest absolute Gasteiger partial charge is 0.392 e. The summed E-state index contributed by atoms with van der Waals surface area (Å²) in [7, 11) is -3.98. The molecule has 1 saturated heterocycles. The fourth-order valence-electron chi connectivity index (χ4n) is 5.51. The van der Waals surface area contributed by atoms with E-state index in [2.05, 4.69) is 20.0 Å². The molecule has 5 aromatic rings. The lowest BCUT2D eigenvalue weighted by Gasteiger charge is -2.36. The van der Waals surface area contributed by atoms with Gasteiger partial charge in [-0.05, 0) is 60.4 Å². The van der Waals surface area contributed by atoms with Crippen LogP contribution in [0.2, 0.25) is 0 Å². The van der Waals surface area contributed by atoms with E-state index in [-0.39, 0.29) is 30.1 Å². The van der Waals surface area contributed by atoms with Gasteiger partial charge < -0.3 is 19.9 Å². The number of benzene rings is 4. The van der Waals surface area contributed by atoms with Crippen molar-refractivity contribution in [3.63, 3.8) is 0 Å². The van der Waals surface area contributed by atoms with Gasteiger partial charge in [-0.2, -0.15) is 4.72 Å². The molecule has 50 heavy (non-hydrogen) atoms. The van der Waals surface area contributed by atoms with Gasteiger partial charge in [-0.1, -0.05) is 96.2 Å². The highest BCUT2D eigenvalue weighted by Gasteiger charge is 2.33. The monoisotopic (exact) mass is 710 g/mol. The first kappa shape index (κ1) is 35.4. The Balaban J connectivity index is 1.17. The zero-order valence-corrected chi connectivity index (χ0v) is 29.0. The number of anilines is 1. The highest BCUT2D eigenvalue weighted by atomic mass is 32.2. The molecular formula is C38H38N4O6S2. The van der Waals surface area contributed by atoms with Gasteiger partial charge in [-0.25, -0.2) is 18.4 Å².